The van der Waals surface area contributed by atoms with Crippen molar-refractivity contribution in [2.24, 2.45) is 0 Å². The van der Waals surface area contributed by atoms with Crippen LogP contribution in [0.15, 0.2) is 24.3 Å². The lowest BCUT2D eigenvalue weighted by Gasteiger charge is -2.07. The van der Waals surface area contributed by atoms with Crippen LogP contribution in [0.3, 0.4) is 0 Å². The first kappa shape index (κ1) is 10.6. The zero-order valence-electron chi connectivity index (χ0n) is 8.09. The van der Waals surface area contributed by atoms with E-state index in [0.29, 0.717) is 6.10 Å². The summed E-state index contributed by atoms with van der Waals surface area (Å²) < 4.78 is 5.44. The van der Waals surface area contributed by atoms with Gasteiger partial charge in [-0.15, -0.1) is 0 Å². The summed E-state index contributed by atoms with van der Waals surface area (Å²) in [5, 5.41) is 0.829. The molecule has 0 aliphatic heterocycles. The van der Waals surface area contributed by atoms with Gasteiger partial charge in [0, 0.05) is 5.02 Å². The molecule has 0 fully saturated rings. The van der Waals surface area contributed by atoms with Gasteiger partial charge in [0.15, 0.2) is 0 Å². The third kappa shape index (κ3) is 3.79. The van der Waals surface area contributed by atoms with E-state index >= 15 is 0 Å². The van der Waals surface area contributed by atoms with Gasteiger partial charge < -0.3 is 4.74 Å². The predicted molar refractivity (Wildman–Crippen MR) is 56.2 cm³/mol. The summed E-state index contributed by atoms with van der Waals surface area (Å²) in [5.41, 5.74) is 1.16. The molecule has 0 atom stereocenters. The Morgan fingerprint density at radius 2 is 2.00 bits per heavy atom. The molecule has 2 heteroatoms. The number of hydrogen-bond donors (Lipinski definition) is 0. The second-order valence-electron chi connectivity index (χ2n) is 3.26. The summed E-state index contributed by atoms with van der Waals surface area (Å²) in [6, 6.07) is 7.88. The van der Waals surface area contributed by atoms with Crippen LogP contribution in [0.25, 0.3) is 0 Å². The minimum absolute atomic E-state index is 0.294. The Balaban J connectivity index is 2.41. The van der Waals surface area contributed by atoms with Gasteiger partial charge in [-0.3, -0.25) is 0 Å². The average Bonchev–Trinajstić information content (AvgIpc) is 2.08. The zero-order chi connectivity index (χ0) is 9.68. The molecule has 1 nitrogen and oxygen atoms in total. The first-order valence-electron chi connectivity index (χ1n) is 4.55. The molecule has 0 bridgehead atoms. The van der Waals surface area contributed by atoms with Crippen molar-refractivity contribution in [3.05, 3.63) is 34.9 Å². The first-order valence-corrected chi connectivity index (χ1v) is 4.93. The van der Waals surface area contributed by atoms with Crippen molar-refractivity contribution in [2.75, 3.05) is 6.61 Å². The van der Waals surface area contributed by atoms with E-state index in [9.17, 15) is 0 Å². The van der Waals surface area contributed by atoms with Crippen molar-refractivity contribution in [3.8, 4) is 0 Å². The molecule has 0 saturated heterocycles. The molecule has 0 aromatic heterocycles. The number of halogens is 1. The third-order valence-electron chi connectivity index (χ3n) is 1.78. The molecule has 1 rings (SSSR count). The Morgan fingerprint density at radius 3 is 2.62 bits per heavy atom. The third-order valence-corrected chi connectivity index (χ3v) is 2.15. The van der Waals surface area contributed by atoms with E-state index in [-0.39, 0.29) is 0 Å². The summed E-state index contributed by atoms with van der Waals surface area (Å²) in [6.45, 7) is 4.81. The molecule has 0 radical (unpaired) electrons. The van der Waals surface area contributed by atoms with Gasteiger partial charge in [-0.2, -0.15) is 0 Å². The van der Waals surface area contributed by atoms with Crippen molar-refractivity contribution in [1.82, 2.24) is 0 Å². The van der Waals surface area contributed by atoms with Crippen LogP contribution in [-0.4, -0.2) is 12.7 Å². The summed E-state index contributed by atoms with van der Waals surface area (Å²) in [4.78, 5) is 0. The van der Waals surface area contributed by atoms with E-state index in [1.165, 1.54) is 0 Å². The molecule has 1 aromatic rings. The normalized spacial score (nSPS) is 10.8. The predicted octanol–water partition coefficient (Wildman–Crippen LogP) is 3.31. The molecule has 0 saturated carbocycles. The van der Waals surface area contributed by atoms with E-state index in [2.05, 4.69) is 0 Å². The molecule has 1 aromatic carbocycles. The van der Waals surface area contributed by atoms with Gasteiger partial charge >= 0.3 is 0 Å². The van der Waals surface area contributed by atoms with Crippen LogP contribution >= 0.6 is 11.6 Å². The Hall–Kier alpha value is -0.530. The van der Waals surface area contributed by atoms with Gasteiger partial charge in [0.2, 0.25) is 0 Å². The van der Waals surface area contributed by atoms with Crippen molar-refractivity contribution in [3.63, 3.8) is 0 Å². The van der Waals surface area contributed by atoms with Gasteiger partial charge in [-0.25, -0.2) is 0 Å². The topological polar surface area (TPSA) is 9.23 Å². The molecule has 0 N–H and O–H groups in total. The van der Waals surface area contributed by atoms with Crippen molar-refractivity contribution < 1.29 is 4.74 Å². The SMILES string of the molecule is CC(C)OCCc1ccccc1Cl. The summed E-state index contributed by atoms with van der Waals surface area (Å²) >= 11 is 5.98. The van der Waals surface area contributed by atoms with E-state index in [4.69, 9.17) is 16.3 Å². The Labute approximate surface area is 84.7 Å². The van der Waals surface area contributed by atoms with Gasteiger partial charge in [0.1, 0.15) is 0 Å². The van der Waals surface area contributed by atoms with E-state index in [0.717, 1.165) is 23.6 Å². The molecule has 0 spiro atoms. The van der Waals surface area contributed by atoms with E-state index in [1.54, 1.807) is 0 Å². The maximum atomic E-state index is 5.98. The van der Waals surface area contributed by atoms with E-state index in [1.807, 2.05) is 38.1 Å². The average molecular weight is 199 g/mol. The highest BCUT2D eigenvalue weighted by Gasteiger charge is 1.99. The fourth-order valence-corrected chi connectivity index (χ4v) is 1.34. The fraction of sp³-hybridized carbons (Fsp3) is 0.455. The van der Waals surface area contributed by atoms with Gasteiger partial charge in [0.25, 0.3) is 0 Å². The molecule has 0 aliphatic rings. The van der Waals surface area contributed by atoms with Gasteiger partial charge in [-0.1, -0.05) is 29.8 Å². The summed E-state index contributed by atoms with van der Waals surface area (Å²) in [6.07, 6.45) is 1.18. The monoisotopic (exact) mass is 198 g/mol. The summed E-state index contributed by atoms with van der Waals surface area (Å²) in [7, 11) is 0. The van der Waals surface area contributed by atoms with Crippen LogP contribution in [0.2, 0.25) is 5.02 Å². The zero-order valence-corrected chi connectivity index (χ0v) is 8.84. The quantitative estimate of drug-likeness (QED) is 0.722. The smallest absolute Gasteiger partial charge is 0.0519 e. The van der Waals surface area contributed by atoms with E-state index < -0.39 is 0 Å². The first-order chi connectivity index (χ1) is 6.20. The molecule has 0 aliphatic carbocycles. The lowest BCUT2D eigenvalue weighted by Crippen LogP contribution is -2.06. The maximum Gasteiger partial charge on any atom is 0.0519 e. The molecule has 0 amide bonds. The highest BCUT2D eigenvalue weighted by molar-refractivity contribution is 6.31. The molecule has 13 heavy (non-hydrogen) atoms. The van der Waals surface area contributed by atoms with Gasteiger partial charge in [-0.05, 0) is 31.9 Å². The fourth-order valence-electron chi connectivity index (χ4n) is 1.11. The Bertz CT molecular complexity index is 258. The highest BCUT2D eigenvalue weighted by atomic mass is 35.5. The lowest BCUT2D eigenvalue weighted by molar-refractivity contribution is 0.0813. The second kappa shape index (κ2) is 5.25. The van der Waals surface area contributed by atoms with Crippen molar-refractivity contribution in [1.29, 1.82) is 0 Å². The minimum atomic E-state index is 0.294. The number of benzene rings is 1. The maximum absolute atomic E-state index is 5.98. The van der Waals surface area contributed by atoms with Crippen LogP contribution in [0.1, 0.15) is 19.4 Å². The van der Waals surface area contributed by atoms with Crippen LogP contribution in [0.4, 0.5) is 0 Å². The largest absolute Gasteiger partial charge is 0.378 e. The molecular formula is C11H15ClO. The Morgan fingerprint density at radius 1 is 1.31 bits per heavy atom. The molecule has 0 unspecified atom stereocenters. The molecular weight excluding hydrogens is 184 g/mol. The van der Waals surface area contributed by atoms with Crippen molar-refractivity contribution in [2.45, 2.75) is 26.4 Å². The van der Waals surface area contributed by atoms with Crippen LogP contribution in [0, 0.1) is 0 Å². The van der Waals surface area contributed by atoms with Gasteiger partial charge in [0.05, 0.1) is 12.7 Å². The van der Waals surface area contributed by atoms with Crippen LogP contribution in [-0.2, 0) is 11.2 Å². The Kier molecular flexibility index (Phi) is 4.26. The highest BCUT2D eigenvalue weighted by Crippen LogP contribution is 2.15. The number of rotatable bonds is 4. The second-order valence-corrected chi connectivity index (χ2v) is 3.67. The summed E-state index contributed by atoms with van der Waals surface area (Å²) in [5.74, 6) is 0. The molecule has 72 valence electrons. The number of ether oxygens (including phenoxy) is 1. The minimum Gasteiger partial charge on any atom is -0.378 e. The number of hydrogen-bond acceptors (Lipinski definition) is 1. The van der Waals surface area contributed by atoms with Crippen molar-refractivity contribution >= 4 is 11.6 Å². The van der Waals surface area contributed by atoms with Crippen LogP contribution in [0.5, 0.6) is 0 Å². The van der Waals surface area contributed by atoms with Crippen LogP contribution < -0.4 is 0 Å². The lowest BCUT2D eigenvalue weighted by atomic mass is 10.2. The molecule has 0 heterocycles. The standard InChI is InChI=1S/C11H15ClO/c1-9(2)13-8-7-10-5-3-4-6-11(10)12/h3-6,9H,7-8H2,1-2H3.